The predicted molar refractivity (Wildman–Crippen MR) is 181 cm³/mol. The van der Waals surface area contributed by atoms with E-state index >= 15 is 0 Å². The van der Waals surface area contributed by atoms with Crippen LogP contribution in [0.25, 0.3) is 0 Å². The molecule has 6 unspecified atom stereocenters. The Kier molecular flexibility index (Phi) is 15.7. The Hall–Kier alpha value is 0.354. The van der Waals surface area contributed by atoms with E-state index in [1.54, 1.807) is 0 Å². The molecule has 0 amide bonds. The SMILES string of the molecule is CCCC[Si](C)(C)O[SiH](C)O[Si](C)(CCCC)O[Si](C)(CCCOC(=O)C1CCC2OC2C1)O[Si](C)(C)CCCC. The van der Waals surface area contributed by atoms with Crippen LogP contribution in [0.4, 0.5) is 0 Å². The van der Waals surface area contributed by atoms with Crippen molar-refractivity contribution in [2.75, 3.05) is 6.61 Å². The first-order valence-corrected chi connectivity index (χ1v) is 30.1. The van der Waals surface area contributed by atoms with Crippen LogP contribution >= 0.6 is 0 Å². The number of rotatable bonds is 22. The summed E-state index contributed by atoms with van der Waals surface area (Å²) in [4.78, 5) is 12.7. The molecule has 2 fully saturated rings. The van der Waals surface area contributed by atoms with Crippen LogP contribution in [-0.4, -0.2) is 67.8 Å². The number of unbranched alkanes of at least 4 members (excludes halogenated alkanes) is 3. The molecule has 1 saturated carbocycles. The van der Waals surface area contributed by atoms with Gasteiger partial charge in [-0.25, -0.2) is 0 Å². The molecule has 0 aromatic heterocycles. The first-order valence-electron chi connectivity index (χ1n) is 16.7. The fourth-order valence-corrected chi connectivity index (χ4v) is 29.5. The molecule has 1 aliphatic carbocycles. The number of hydrogen-bond donors (Lipinski definition) is 0. The second-order valence-electron chi connectivity index (χ2n) is 14.1. The van der Waals surface area contributed by atoms with E-state index in [0.717, 1.165) is 56.7 Å². The summed E-state index contributed by atoms with van der Waals surface area (Å²) in [5.74, 6) is -0.0656. The molecule has 2 aliphatic rings. The Morgan fingerprint density at radius 3 is 1.93 bits per heavy atom. The van der Waals surface area contributed by atoms with Crippen LogP contribution in [0.15, 0.2) is 0 Å². The minimum absolute atomic E-state index is 0.00928. The van der Waals surface area contributed by atoms with Gasteiger partial charge in [0.05, 0.1) is 24.7 Å². The average molecular weight is 665 g/mol. The van der Waals surface area contributed by atoms with Crippen LogP contribution in [0.1, 0.15) is 85.0 Å². The maximum Gasteiger partial charge on any atom is 0.317 e. The van der Waals surface area contributed by atoms with Crippen LogP contribution in [0.5, 0.6) is 0 Å². The molecule has 1 saturated heterocycles. The van der Waals surface area contributed by atoms with Gasteiger partial charge in [-0.05, 0) is 95.7 Å². The van der Waals surface area contributed by atoms with Gasteiger partial charge < -0.3 is 25.9 Å². The first kappa shape index (κ1) is 37.5. The summed E-state index contributed by atoms with van der Waals surface area (Å²) in [6.45, 7) is 23.2. The lowest BCUT2D eigenvalue weighted by Crippen LogP contribution is -2.58. The van der Waals surface area contributed by atoms with Gasteiger partial charge in [0.1, 0.15) is 0 Å². The van der Waals surface area contributed by atoms with Crippen molar-refractivity contribution < 1.29 is 30.7 Å². The van der Waals surface area contributed by atoms with Crippen LogP contribution < -0.4 is 0 Å². The molecule has 0 radical (unpaired) electrons. The second kappa shape index (κ2) is 17.2. The second-order valence-corrected chi connectivity index (χ2v) is 32.3. The van der Waals surface area contributed by atoms with Gasteiger partial charge in [0.2, 0.25) is 0 Å². The van der Waals surface area contributed by atoms with Crippen molar-refractivity contribution in [2.24, 2.45) is 5.92 Å². The highest BCUT2D eigenvalue weighted by Crippen LogP contribution is 2.40. The summed E-state index contributed by atoms with van der Waals surface area (Å²) in [5.41, 5.74) is 0. The maximum absolute atomic E-state index is 12.7. The zero-order valence-corrected chi connectivity index (χ0v) is 33.4. The average Bonchev–Trinajstić information content (AvgIpc) is 3.65. The highest BCUT2D eigenvalue weighted by molar-refractivity contribution is 6.88. The standard InChI is InChI=1S/C29H64O7Si5/c1-11-14-21-38(5,6)33-37(4)34-40(9,23-16-13-3)36-41(10,35-39(7,8)22-15-12-2)24-17-20-31-29(30)26-18-19-27-28(25-26)32-27/h26-28,37H,11-25H2,1-10H3. The fraction of sp³-hybridized carbons (Fsp3) is 0.966. The van der Waals surface area contributed by atoms with E-state index in [2.05, 4.69) is 66.6 Å². The molecular formula is C29H64O7Si5. The third kappa shape index (κ3) is 14.3. The number of carbonyl (C=O) groups is 1. The molecule has 41 heavy (non-hydrogen) atoms. The molecule has 7 nitrogen and oxygen atoms in total. The molecule has 6 atom stereocenters. The van der Waals surface area contributed by atoms with Gasteiger partial charge in [0.15, 0.2) is 16.6 Å². The number of carbonyl (C=O) groups excluding carboxylic acids is 1. The number of hydrogen-bond acceptors (Lipinski definition) is 7. The van der Waals surface area contributed by atoms with Gasteiger partial charge in [0.25, 0.3) is 9.28 Å². The molecule has 12 heteroatoms. The van der Waals surface area contributed by atoms with Crippen molar-refractivity contribution >= 4 is 49.0 Å². The maximum atomic E-state index is 12.7. The fourth-order valence-electron chi connectivity index (χ4n) is 6.24. The zero-order valence-electron chi connectivity index (χ0n) is 28.3. The Labute approximate surface area is 258 Å². The highest BCUT2D eigenvalue weighted by atomic mass is 28.5. The van der Waals surface area contributed by atoms with Crippen molar-refractivity contribution in [3.8, 4) is 0 Å². The number of esters is 1. The minimum Gasteiger partial charge on any atom is -0.465 e. The minimum atomic E-state index is -2.62. The highest BCUT2D eigenvalue weighted by Gasteiger charge is 2.48. The Morgan fingerprint density at radius 1 is 0.732 bits per heavy atom. The molecule has 0 aromatic rings. The first-order chi connectivity index (χ1) is 19.2. The van der Waals surface area contributed by atoms with E-state index in [4.69, 9.17) is 25.9 Å². The largest absolute Gasteiger partial charge is 0.465 e. The lowest BCUT2D eigenvalue weighted by Gasteiger charge is -2.43. The van der Waals surface area contributed by atoms with E-state index in [-0.39, 0.29) is 18.0 Å². The van der Waals surface area contributed by atoms with Crippen LogP contribution in [0, 0.1) is 5.92 Å². The van der Waals surface area contributed by atoms with Crippen LogP contribution in [-0.2, 0) is 30.7 Å². The summed E-state index contributed by atoms with van der Waals surface area (Å²) < 4.78 is 39.4. The molecule has 0 bridgehead atoms. The van der Waals surface area contributed by atoms with Crippen molar-refractivity contribution in [1.82, 2.24) is 0 Å². The molecule has 2 rings (SSSR count). The van der Waals surface area contributed by atoms with Gasteiger partial charge in [0, 0.05) is 0 Å². The summed E-state index contributed by atoms with van der Waals surface area (Å²) in [7, 11) is -10.7. The molecule has 1 heterocycles. The topological polar surface area (TPSA) is 75.8 Å². The third-order valence-electron chi connectivity index (χ3n) is 8.43. The van der Waals surface area contributed by atoms with E-state index in [9.17, 15) is 4.79 Å². The van der Waals surface area contributed by atoms with E-state index in [0.29, 0.717) is 12.7 Å². The van der Waals surface area contributed by atoms with Crippen LogP contribution in [0.3, 0.4) is 0 Å². The van der Waals surface area contributed by atoms with Gasteiger partial charge >= 0.3 is 23.1 Å². The molecule has 0 aromatic carbocycles. The predicted octanol–water partition coefficient (Wildman–Crippen LogP) is 8.36. The summed E-state index contributed by atoms with van der Waals surface area (Å²) in [5, 5.41) is 0. The number of epoxide rings is 1. The number of ether oxygens (including phenoxy) is 2. The van der Waals surface area contributed by atoms with Gasteiger partial charge in [-0.2, -0.15) is 0 Å². The normalized spacial score (nSPS) is 24.7. The smallest absolute Gasteiger partial charge is 0.317 e. The van der Waals surface area contributed by atoms with E-state index < -0.39 is 43.0 Å². The van der Waals surface area contributed by atoms with Crippen molar-refractivity contribution in [3.63, 3.8) is 0 Å². The quantitative estimate of drug-likeness (QED) is 0.0498. The lowest BCUT2D eigenvalue weighted by molar-refractivity contribution is -0.149. The van der Waals surface area contributed by atoms with Crippen molar-refractivity contribution in [1.29, 1.82) is 0 Å². The Morgan fingerprint density at radius 2 is 1.32 bits per heavy atom. The summed E-state index contributed by atoms with van der Waals surface area (Å²) in [6.07, 6.45) is 11.1. The Bertz CT molecular complexity index is 789. The summed E-state index contributed by atoms with van der Waals surface area (Å²) >= 11 is 0. The Balaban J connectivity index is 2.08. The van der Waals surface area contributed by atoms with Gasteiger partial charge in [-0.3, -0.25) is 4.79 Å². The molecule has 0 spiro atoms. The lowest BCUT2D eigenvalue weighted by atomic mass is 9.89. The monoisotopic (exact) mass is 664 g/mol. The van der Waals surface area contributed by atoms with Crippen LogP contribution in [0.2, 0.25) is 70.0 Å². The molecular weight excluding hydrogens is 601 g/mol. The van der Waals surface area contributed by atoms with Crippen molar-refractivity contribution in [3.05, 3.63) is 0 Å². The summed E-state index contributed by atoms with van der Waals surface area (Å²) in [6, 6.07) is 4.09. The van der Waals surface area contributed by atoms with Crippen molar-refractivity contribution in [2.45, 2.75) is 167 Å². The zero-order chi connectivity index (χ0) is 30.7. The van der Waals surface area contributed by atoms with Gasteiger partial charge in [-0.1, -0.05) is 59.3 Å². The van der Waals surface area contributed by atoms with E-state index in [1.807, 2.05) is 0 Å². The molecule has 0 N–H and O–H groups in total. The number of fused-ring (bicyclic) bond motifs is 1. The third-order valence-corrected chi connectivity index (χ3v) is 28.7. The van der Waals surface area contributed by atoms with Gasteiger partial charge in [-0.15, -0.1) is 0 Å². The van der Waals surface area contributed by atoms with E-state index in [1.165, 1.54) is 31.7 Å². The molecule has 242 valence electrons. The molecule has 1 aliphatic heterocycles.